The van der Waals surface area contributed by atoms with Crippen molar-refractivity contribution in [3.63, 3.8) is 0 Å². The van der Waals surface area contributed by atoms with Gasteiger partial charge < -0.3 is 20.5 Å². The van der Waals surface area contributed by atoms with Crippen molar-refractivity contribution in [2.75, 3.05) is 33.7 Å². The first-order valence-corrected chi connectivity index (χ1v) is 17.2. The van der Waals surface area contributed by atoms with Gasteiger partial charge in [-0.2, -0.15) is 0 Å². The number of amidine groups is 1. The first-order valence-electron chi connectivity index (χ1n) is 15.9. The summed E-state index contributed by atoms with van der Waals surface area (Å²) in [5, 5.41) is 15.3. The number of hydrogen-bond donors (Lipinski definition) is 2. The number of aromatic nitrogens is 1. The number of hydrogen-bond acceptors (Lipinski definition) is 7. The van der Waals surface area contributed by atoms with Gasteiger partial charge in [0.2, 0.25) is 0 Å². The Morgan fingerprint density at radius 3 is 2.80 bits per heavy atom. The van der Waals surface area contributed by atoms with Crippen molar-refractivity contribution in [1.82, 2.24) is 20.1 Å². The van der Waals surface area contributed by atoms with Crippen LogP contribution in [0.1, 0.15) is 56.3 Å². The van der Waals surface area contributed by atoms with Crippen molar-refractivity contribution in [3.8, 4) is 0 Å². The van der Waals surface area contributed by atoms with Crippen LogP contribution >= 0.6 is 23.4 Å². The van der Waals surface area contributed by atoms with Gasteiger partial charge >= 0.3 is 0 Å². The lowest BCUT2D eigenvalue weighted by molar-refractivity contribution is -0.497. The summed E-state index contributed by atoms with van der Waals surface area (Å²) in [5.41, 5.74) is 5.02. The number of aliphatic imine (C=N–C) groups is 1. The van der Waals surface area contributed by atoms with E-state index in [1.54, 1.807) is 30.8 Å². The van der Waals surface area contributed by atoms with Crippen LogP contribution in [0.4, 0.5) is 8.78 Å². The van der Waals surface area contributed by atoms with Crippen LogP contribution in [0.3, 0.4) is 0 Å². The van der Waals surface area contributed by atoms with E-state index >= 15 is 0 Å². The molecule has 2 N–H and O–H groups in total. The van der Waals surface area contributed by atoms with E-state index in [-0.39, 0.29) is 15.9 Å². The normalized spacial score (nSPS) is 23.7. The summed E-state index contributed by atoms with van der Waals surface area (Å²) in [6, 6.07) is 9.90. The Labute approximate surface area is 279 Å². The zero-order valence-electron chi connectivity index (χ0n) is 26.5. The fourth-order valence-corrected chi connectivity index (χ4v) is 7.62. The van der Waals surface area contributed by atoms with Gasteiger partial charge in [0.25, 0.3) is 0 Å². The minimum atomic E-state index is -0.908. The van der Waals surface area contributed by atoms with Crippen molar-refractivity contribution in [2.45, 2.75) is 62.2 Å². The molecule has 0 amide bonds. The van der Waals surface area contributed by atoms with Crippen LogP contribution in [0, 0.1) is 11.2 Å². The molecule has 7 nitrogen and oxygen atoms in total. The summed E-state index contributed by atoms with van der Waals surface area (Å²) in [5.74, 6) is 0.469. The second-order valence-electron chi connectivity index (χ2n) is 12.5. The van der Waals surface area contributed by atoms with Crippen molar-refractivity contribution < 1.29 is 13.4 Å². The Balaban J connectivity index is 1.34. The summed E-state index contributed by atoms with van der Waals surface area (Å²) in [7, 11) is 4.16. The molecule has 1 saturated carbocycles. The van der Waals surface area contributed by atoms with Gasteiger partial charge in [-0.1, -0.05) is 41.6 Å². The Hall–Kier alpha value is -3.34. The van der Waals surface area contributed by atoms with Crippen molar-refractivity contribution in [3.05, 3.63) is 99.7 Å². The van der Waals surface area contributed by atoms with Gasteiger partial charge in [0.05, 0.1) is 36.1 Å². The third kappa shape index (κ3) is 6.85. The standard InChI is InChI=1S/C35H41ClF2N7S/c1-23(37)8-4-5-9-28(39)31-29-21-25(43(2)17-16-41-35(13-14-35)30-10-6-7-15-40-30)22-45(29)33(34-44(3)18-19-46-34)42-32(31)26-12-11-24(38)20-27(26)36/h5-7,9-12,15,18-20,23,32,34,39,41H,4,8,13-14,16-17,21-22H2,1-3H3/q+1/b9-5-,39-28?,43-25?/t23?,32-,34?/m0/s1. The Morgan fingerprint density at radius 1 is 1.30 bits per heavy atom. The second kappa shape index (κ2) is 13.8. The molecule has 2 aromatic rings. The quantitative estimate of drug-likeness (QED) is 0.192. The van der Waals surface area contributed by atoms with E-state index in [1.165, 1.54) is 17.8 Å². The molecule has 4 aliphatic rings. The first kappa shape index (κ1) is 32.6. The van der Waals surface area contributed by atoms with E-state index in [0.717, 1.165) is 48.7 Å². The summed E-state index contributed by atoms with van der Waals surface area (Å²) in [4.78, 5) is 14.3. The molecular weight excluding hydrogens is 624 g/mol. The number of thioether (sulfide) groups is 1. The lowest BCUT2D eigenvalue weighted by Crippen LogP contribution is -2.44. The van der Waals surface area contributed by atoms with Gasteiger partial charge in [-0.25, -0.2) is 13.4 Å². The van der Waals surface area contributed by atoms with Gasteiger partial charge in [0, 0.05) is 41.3 Å². The predicted octanol–water partition coefficient (Wildman–Crippen LogP) is 6.84. The number of nitrogens with zero attached hydrogens (tertiary/aromatic N) is 5. The largest absolute Gasteiger partial charge is 0.361 e. The fourth-order valence-electron chi connectivity index (χ4n) is 6.37. The fraction of sp³-hybridized carbons (Fsp3) is 0.429. The van der Waals surface area contributed by atoms with E-state index in [0.29, 0.717) is 37.1 Å². The maximum absolute atomic E-state index is 14.2. The maximum atomic E-state index is 14.2. The highest BCUT2D eigenvalue weighted by molar-refractivity contribution is 8.03. The molecule has 2 unspecified atom stereocenters. The highest BCUT2D eigenvalue weighted by atomic mass is 35.5. The number of rotatable bonds is 12. The van der Waals surface area contributed by atoms with Crippen LogP contribution < -0.4 is 5.32 Å². The molecule has 1 aromatic carbocycles. The van der Waals surface area contributed by atoms with E-state index in [2.05, 4.69) is 43.2 Å². The first-order chi connectivity index (χ1) is 22.2. The molecule has 6 rings (SSSR count). The summed E-state index contributed by atoms with van der Waals surface area (Å²) in [6.07, 6.45) is 10.4. The molecule has 1 aliphatic carbocycles. The molecule has 3 atom stereocenters. The minimum Gasteiger partial charge on any atom is -0.361 e. The molecule has 0 radical (unpaired) electrons. The molecule has 242 valence electrons. The molecule has 11 heteroatoms. The van der Waals surface area contributed by atoms with Crippen molar-refractivity contribution >= 4 is 40.6 Å². The molecule has 1 saturated heterocycles. The molecule has 46 heavy (non-hydrogen) atoms. The average Bonchev–Trinajstić information content (AvgIpc) is 3.48. The Bertz CT molecular complexity index is 1630. The van der Waals surface area contributed by atoms with Crippen LogP contribution in [-0.2, 0) is 5.54 Å². The molecule has 3 aliphatic heterocycles. The maximum Gasteiger partial charge on any atom is 0.178 e. The number of alkyl halides is 1. The number of nitrogens with one attached hydrogen (secondary N) is 2. The number of pyridine rings is 1. The third-order valence-electron chi connectivity index (χ3n) is 9.17. The Morgan fingerprint density at radius 2 is 2.13 bits per heavy atom. The van der Waals surface area contributed by atoms with E-state index in [9.17, 15) is 14.2 Å². The van der Waals surface area contributed by atoms with E-state index < -0.39 is 18.0 Å². The van der Waals surface area contributed by atoms with Crippen LogP contribution in [0.15, 0.2) is 82.6 Å². The van der Waals surface area contributed by atoms with E-state index in [1.807, 2.05) is 37.7 Å². The molecule has 0 spiro atoms. The smallest absolute Gasteiger partial charge is 0.178 e. The molecule has 4 heterocycles. The molecule has 0 bridgehead atoms. The lowest BCUT2D eigenvalue weighted by Gasteiger charge is -2.36. The Kier molecular flexibility index (Phi) is 9.77. The number of fused-ring (bicyclic) bond motifs is 1. The zero-order chi connectivity index (χ0) is 32.4. The molecular formula is C35H41ClF2N7S+. The van der Waals surface area contributed by atoms with Gasteiger partial charge in [0.15, 0.2) is 12.3 Å². The van der Waals surface area contributed by atoms with Gasteiger partial charge in [0.1, 0.15) is 36.7 Å². The van der Waals surface area contributed by atoms with Crippen LogP contribution in [-0.4, -0.2) is 81.9 Å². The topological polar surface area (TPSA) is 70.6 Å². The van der Waals surface area contributed by atoms with Crippen molar-refractivity contribution in [2.24, 2.45) is 4.99 Å². The average molecular weight is 665 g/mol. The summed E-state index contributed by atoms with van der Waals surface area (Å²) >= 11 is 8.35. The number of benzene rings is 1. The van der Waals surface area contributed by atoms with Crippen LogP contribution in [0.2, 0.25) is 5.02 Å². The van der Waals surface area contributed by atoms with Gasteiger partial charge in [-0.15, -0.1) is 0 Å². The minimum absolute atomic E-state index is 0.0320. The number of likely N-dealkylation sites (N-methyl/N-ethyl adjacent to an activating group) is 2. The third-order valence-corrected chi connectivity index (χ3v) is 10.6. The predicted molar refractivity (Wildman–Crippen MR) is 184 cm³/mol. The van der Waals surface area contributed by atoms with Crippen LogP contribution in [0.5, 0.6) is 0 Å². The lowest BCUT2D eigenvalue weighted by atomic mass is 9.90. The van der Waals surface area contributed by atoms with Crippen molar-refractivity contribution in [1.29, 1.82) is 5.41 Å². The van der Waals surface area contributed by atoms with E-state index in [4.69, 9.17) is 16.6 Å². The van der Waals surface area contributed by atoms with Gasteiger partial charge in [-0.05, 0) is 68.4 Å². The second-order valence-corrected chi connectivity index (χ2v) is 13.9. The zero-order valence-corrected chi connectivity index (χ0v) is 28.1. The number of allylic oxidation sites excluding steroid dienone is 3. The summed E-state index contributed by atoms with van der Waals surface area (Å²) < 4.78 is 30.0. The monoisotopic (exact) mass is 664 g/mol. The van der Waals surface area contributed by atoms with Gasteiger partial charge in [-0.3, -0.25) is 9.98 Å². The molecule has 1 aromatic heterocycles. The highest BCUT2D eigenvalue weighted by Crippen LogP contribution is 2.45. The summed E-state index contributed by atoms with van der Waals surface area (Å²) in [6.45, 7) is 3.83. The SMILES string of the molecule is CC(F)CC/C=C\C(=N)C1=C2CC(=[N+](C)CCNC3(c4ccccn4)CC3)CN2C(C2SC=CN2C)=N[C@H]1c1ccc(F)cc1Cl. The highest BCUT2D eigenvalue weighted by Gasteiger charge is 2.46. The number of halogens is 3. The molecule has 2 fully saturated rings. The van der Waals surface area contributed by atoms with Crippen LogP contribution in [0.25, 0.3) is 0 Å².